The lowest BCUT2D eigenvalue weighted by molar-refractivity contribution is 0.0734. The number of hydrazone groups is 1. The highest BCUT2D eigenvalue weighted by Gasteiger charge is 2.20. The zero-order valence-corrected chi connectivity index (χ0v) is 23.6. The summed E-state index contributed by atoms with van der Waals surface area (Å²) in [5.74, 6) is 2.22. The number of hydrogen-bond donors (Lipinski definition) is 1. The van der Waals surface area contributed by atoms with Crippen molar-refractivity contribution in [3.05, 3.63) is 58.1 Å². The molecule has 0 spiro atoms. The van der Waals surface area contributed by atoms with Crippen LogP contribution in [-0.4, -0.2) is 60.4 Å². The number of benzene rings is 2. The summed E-state index contributed by atoms with van der Waals surface area (Å²) < 4.78 is 11.9. The number of aromatic nitrogens is 3. The second kappa shape index (κ2) is 12.9. The first-order chi connectivity index (χ1) is 19.1. The van der Waals surface area contributed by atoms with Crippen LogP contribution in [0.5, 0.6) is 11.5 Å². The highest BCUT2D eigenvalue weighted by molar-refractivity contribution is 9.10. The smallest absolute Gasteiger partial charge is 0.343 e. The van der Waals surface area contributed by atoms with E-state index < -0.39 is 5.97 Å². The maximum absolute atomic E-state index is 12.5. The third kappa shape index (κ3) is 7.03. The van der Waals surface area contributed by atoms with E-state index in [0.717, 1.165) is 56.3 Å². The Hall–Kier alpha value is -3.73. The normalized spacial score (nSPS) is 15.8. The Labute approximate surface area is 236 Å². The van der Waals surface area contributed by atoms with Crippen LogP contribution < -0.4 is 24.7 Å². The molecule has 1 N–H and O–H groups in total. The number of nitrogens with one attached hydrogen (secondary N) is 1. The highest BCUT2D eigenvalue weighted by atomic mass is 79.9. The van der Waals surface area contributed by atoms with Crippen molar-refractivity contribution in [3.8, 4) is 11.5 Å². The number of halogens is 1. The molecule has 0 bridgehead atoms. The second-order valence-corrected chi connectivity index (χ2v) is 10.4. The lowest BCUT2D eigenvalue weighted by Gasteiger charge is -2.30. The van der Waals surface area contributed by atoms with E-state index >= 15 is 0 Å². The van der Waals surface area contributed by atoms with Gasteiger partial charge in [-0.2, -0.15) is 20.1 Å². The standard InChI is InChI=1S/C28H32BrN7O3/c1-38-24-18-23(39-25(37)20-9-8-10-22(29)17-20)12-11-21(24)19-30-34-26-31-27(35-13-4-2-5-14-35)33-28(32-26)36-15-6-3-7-16-36/h8-12,17-19H,2-7,13-16H2,1H3,(H,31,32,33,34)/b30-19+. The Balaban J connectivity index is 1.31. The first-order valence-corrected chi connectivity index (χ1v) is 14.1. The molecule has 0 radical (unpaired) electrons. The molecule has 3 aromatic rings. The van der Waals surface area contributed by atoms with Crippen LogP contribution in [0.4, 0.5) is 17.8 Å². The van der Waals surface area contributed by atoms with E-state index in [9.17, 15) is 4.79 Å². The van der Waals surface area contributed by atoms with Gasteiger partial charge in [0.25, 0.3) is 0 Å². The van der Waals surface area contributed by atoms with Crippen molar-refractivity contribution in [3.63, 3.8) is 0 Å². The maximum Gasteiger partial charge on any atom is 0.343 e. The van der Waals surface area contributed by atoms with Gasteiger partial charge in [0.1, 0.15) is 11.5 Å². The van der Waals surface area contributed by atoms with Gasteiger partial charge in [-0.15, -0.1) is 0 Å². The van der Waals surface area contributed by atoms with Gasteiger partial charge < -0.3 is 19.3 Å². The van der Waals surface area contributed by atoms with Gasteiger partial charge >= 0.3 is 5.97 Å². The minimum absolute atomic E-state index is 0.372. The van der Waals surface area contributed by atoms with Crippen LogP contribution >= 0.6 is 15.9 Å². The molecule has 3 heterocycles. The molecule has 0 amide bonds. The fraction of sp³-hybridized carbons (Fsp3) is 0.393. The van der Waals surface area contributed by atoms with Crippen LogP contribution in [0, 0.1) is 0 Å². The molecule has 0 saturated carbocycles. The quantitative estimate of drug-likeness (QED) is 0.161. The van der Waals surface area contributed by atoms with Gasteiger partial charge in [-0.1, -0.05) is 22.0 Å². The Bertz CT molecular complexity index is 1290. The van der Waals surface area contributed by atoms with E-state index in [4.69, 9.17) is 14.5 Å². The van der Waals surface area contributed by atoms with Crippen molar-refractivity contribution >= 4 is 46.0 Å². The average Bonchev–Trinajstić information content (AvgIpc) is 2.98. The van der Waals surface area contributed by atoms with E-state index in [-0.39, 0.29) is 0 Å². The van der Waals surface area contributed by atoms with Crippen molar-refractivity contribution in [2.24, 2.45) is 5.10 Å². The molecule has 0 atom stereocenters. The van der Waals surface area contributed by atoms with Crippen LogP contribution in [0.3, 0.4) is 0 Å². The fourth-order valence-corrected chi connectivity index (χ4v) is 5.08. The predicted octanol–water partition coefficient (Wildman–Crippen LogP) is 5.29. The largest absolute Gasteiger partial charge is 0.496 e. The summed E-state index contributed by atoms with van der Waals surface area (Å²) in [6.45, 7) is 3.79. The summed E-state index contributed by atoms with van der Waals surface area (Å²) in [5.41, 5.74) is 4.14. The second-order valence-electron chi connectivity index (χ2n) is 9.53. The average molecular weight is 595 g/mol. The van der Waals surface area contributed by atoms with Gasteiger partial charge in [0.15, 0.2) is 0 Å². The molecule has 11 heteroatoms. The molecular formula is C28H32BrN7O3. The summed E-state index contributed by atoms with van der Waals surface area (Å²) in [7, 11) is 1.56. The van der Waals surface area contributed by atoms with E-state index in [2.05, 4.69) is 46.2 Å². The zero-order valence-electron chi connectivity index (χ0n) is 22.0. The predicted molar refractivity (Wildman–Crippen MR) is 155 cm³/mol. The monoisotopic (exact) mass is 593 g/mol. The number of carbonyl (C=O) groups is 1. The summed E-state index contributed by atoms with van der Waals surface area (Å²) in [6, 6.07) is 12.2. The SMILES string of the molecule is COc1cc(OC(=O)c2cccc(Br)c2)ccc1/C=N/Nc1nc(N2CCCCC2)nc(N2CCCCC2)n1. The van der Waals surface area contributed by atoms with E-state index in [1.165, 1.54) is 12.8 Å². The van der Waals surface area contributed by atoms with Crippen LogP contribution in [0.2, 0.25) is 0 Å². The van der Waals surface area contributed by atoms with Crippen molar-refractivity contribution in [1.82, 2.24) is 15.0 Å². The number of hydrogen-bond acceptors (Lipinski definition) is 10. The van der Waals surface area contributed by atoms with Crippen LogP contribution in [-0.2, 0) is 0 Å². The number of esters is 1. The minimum Gasteiger partial charge on any atom is -0.496 e. The summed E-state index contributed by atoms with van der Waals surface area (Å²) in [5, 5.41) is 4.38. The topological polar surface area (TPSA) is 105 Å². The lowest BCUT2D eigenvalue weighted by atomic mass is 10.1. The molecule has 2 aromatic carbocycles. The van der Waals surface area contributed by atoms with E-state index in [1.54, 1.807) is 49.7 Å². The molecule has 0 unspecified atom stereocenters. The summed E-state index contributed by atoms with van der Waals surface area (Å²) in [4.78, 5) is 31.1. The number of rotatable bonds is 8. The lowest BCUT2D eigenvalue weighted by Crippen LogP contribution is -2.34. The van der Waals surface area contributed by atoms with Gasteiger partial charge in [-0.3, -0.25) is 0 Å². The van der Waals surface area contributed by atoms with Crippen LogP contribution in [0.15, 0.2) is 52.0 Å². The van der Waals surface area contributed by atoms with Gasteiger partial charge in [-0.05, 0) is 68.9 Å². The molecule has 2 saturated heterocycles. The van der Waals surface area contributed by atoms with Gasteiger partial charge in [-0.25, -0.2) is 10.2 Å². The van der Waals surface area contributed by atoms with Crippen molar-refractivity contribution < 1.29 is 14.3 Å². The number of methoxy groups -OCH3 is 1. The Morgan fingerprint density at radius 2 is 1.59 bits per heavy atom. The number of piperidine rings is 2. The number of nitrogens with zero attached hydrogens (tertiary/aromatic N) is 6. The maximum atomic E-state index is 12.5. The third-order valence-electron chi connectivity index (χ3n) is 6.73. The van der Waals surface area contributed by atoms with E-state index in [1.807, 2.05) is 6.07 Å². The van der Waals surface area contributed by atoms with Gasteiger partial charge in [0.2, 0.25) is 17.8 Å². The molecular weight excluding hydrogens is 562 g/mol. The fourth-order valence-electron chi connectivity index (χ4n) is 4.68. The summed E-state index contributed by atoms with van der Waals surface area (Å²) in [6.07, 6.45) is 8.65. The van der Waals surface area contributed by atoms with Gasteiger partial charge in [0, 0.05) is 42.3 Å². The molecule has 204 valence electrons. The molecule has 39 heavy (non-hydrogen) atoms. The van der Waals surface area contributed by atoms with Gasteiger partial charge in [0.05, 0.1) is 18.9 Å². The minimum atomic E-state index is -0.453. The number of carbonyl (C=O) groups excluding carboxylic acids is 1. The molecule has 10 nitrogen and oxygen atoms in total. The first-order valence-electron chi connectivity index (χ1n) is 13.3. The Morgan fingerprint density at radius 1 is 0.923 bits per heavy atom. The van der Waals surface area contributed by atoms with Crippen LogP contribution in [0.1, 0.15) is 54.4 Å². The Morgan fingerprint density at radius 3 is 2.21 bits per heavy atom. The first kappa shape index (κ1) is 26.9. The molecule has 2 aliphatic rings. The zero-order chi connectivity index (χ0) is 27.0. The summed E-state index contributed by atoms with van der Waals surface area (Å²) >= 11 is 3.37. The highest BCUT2D eigenvalue weighted by Crippen LogP contribution is 2.26. The molecule has 2 fully saturated rings. The number of ether oxygens (including phenoxy) is 2. The van der Waals surface area contributed by atoms with Crippen molar-refractivity contribution in [2.45, 2.75) is 38.5 Å². The van der Waals surface area contributed by atoms with Crippen molar-refractivity contribution in [2.75, 3.05) is 48.5 Å². The molecule has 5 rings (SSSR count). The third-order valence-corrected chi connectivity index (χ3v) is 7.23. The van der Waals surface area contributed by atoms with E-state index in [0.29, 0.717) is 40.5 Å². The molecule has 0 aliphatic carbocycles. The molecule has 2 aliphatic heterocycles. The number of anilines is 3. The van der Waals surface area contributed by atoms with Crippen molar-refractivity contribution in [1.29, 1.82) is 0 Å². The molecule has 1 aromatic heterocycles. The van der Waals surface area contributed by atoms with Crippen LogP contribution in [0.25, 0.3) is 0 Å². The Kier molecular flexibility index (Phi) is 8.87.